The largest absolute Gasteiger partial charge is 0.0616 e. The first kappa shape index (κ1) is 22.8. The summed E-state index contributed by atoms with van der Waals surface area (Å²) in [4.78, 5) is 0. The maximum atomic E-state index is 3.26. The van der Waals surface area contributed by atoms with Crippen molar-refractivity contribution in [2.24, 2.45) is 0 Å². The lowest BCUT2D eigenvalue weighted by molar-refractivity contribution is 1.63. The molecule has 0 fully saturated rings. The molecule has 8 rings (SSSR count). The van der Waals surface area contributed by atoms with Crippen LogP contribution >= 0.6 is 0 Å². The molecule has 0 atom stereocenters. The van der Waals surface area contributed by atoms with Crippen LogP contribution in [0.1, 0.15) is 0 Å². The van der Waals surface area contributed by atoms with Crippen molar-refractivity contribution in [1.82, 2.24) is 0 Å². The van der Waals surface area contributed by atoms with Crippen molar-refractivity contribution in [1.29, 1.82) is 0 Å². The molecule has 0 bridgehead atoms. The minimum atomic E-state index is 1.18. The molecule has 0 N–H and O–H groups in total. The lowest BCUT2D eigenvalue weighted by Gasteiger charge is -2.19. The normalized spacial score (nSPS) is 11.5. The van der Waals surface area contributed by atoms with Crippen molar-refractivity contribution in [2.75, 3.05) is 0 Å². The summed E-state index contributed by atoms with van der Waals surface area (Å²) in [6.45, 7) is 0. The zero-order chi connectivity index (χ0) is 26.5. The molecule has 0 aliphatic rings. The van der Waals surface area contributed by atoms with Gasteiger partial charge < -0.3 is 0 Å². The molecule has 0 aliphatic carbocycles. The Bertz CT molecular complexity index is 2200. The van der Waals surface area contributed by atoms with Crippen LogP contribution in [0.25, 0.3) is 76.5 Å². The van der Waals surface area contributed by atoms with Gasteiger partial charge in [0.05, 0.1) is 0 Å². The highest BCUT2D eigenvalue weighted by Crippen LogP contribution is 2.45. The third-order valence-electron chi connectivity index (χ3n) is 8.14. The van der Waals surface area contributed by atoms with Crippen LogP contribution in [-0.4, -0.2) is 0 Å². The first-order valence-electron chi connectivity index (χ1n) is 13.8. The Labute approximate surface area is 233 Å². The molecule has 1 radical (unpaired) electrons. The van der Waals surface area contributed by atoms with Crippen LogP contribution in [0.15, 0.2) is 152 Å². The first-order chi connectivity index (χ1) is 19.8. The predicted octanol–water partition coefficient (Wildman–Crippen LogP) is 11.1. The fraction of sp³-hybridized carbons (Fsp3) is 0. The summed E-state index contributed by atoms with van der Waals surface area (Å²) in [6.07, 6.45) is 0. The number of hydrogen-bond donors (Lipinski definition) is 0. The molecule has 0 unspecified atom stereocenters. The SMILES string of the molecule is [c]1cccc(-c2ccc3c(-c4ccc5ccccc5c4)c4ccccc4c(-c4ccc5ccccc5c4)c3c2)c1. The second-order valence-corrected chi connectivity index (χ2v) is 10.5. The van der Waals surface area contributed by atoms with E-state index < -0.39 is 0 Å². The fourth-order valence-corrected chi connectivity index (χ4v) is 6.24. The molecule has 0 aliphatic heterocycles. The number of fused-ring (bicyclic) bond motifs is 4. The van der Waals surface area contributed by atoms with Crippen molar-refractivity contribution in [3.8, 4) is 33.4 Å². The van der Waals surface area contributed by atoms with Gasteiger partial charge in [0, 0.05) is 0 Å². The van der Waals surface area contributed by atoms with Crippen molar-refractivity contribution >= 4 is 43.1 Å². The molecule has 0 aromatic heterocycles. The van der Waals surface area contributed by atoms with Gasteiger partial charge in [-0.1, -0.05) is 127 Å². The second-order valence-electron chi connectivity index (χ2n) is 10.5. The standard InChI is InChI=1S/C40H25/c1-2-10-27(11-3-1)32-22-23-37-38(26-32)40(34-21-19-29-13-5-7-15-31(29)25-34)36-17-9-8-16-35(36)39(37)33-20-18-28-12-4-6-14-30(28)24-33/h1-2,4-26H. The van der Waals surface area contributed by atoms with E-state index >= 15 is 0 Å². The van der Waals surface area contributed by atoms with Gasteiger partial charge in [-0.25, -0.2) is 0 Å². The van der Waals surface area contributed by atoms with E-state index in [1.165, 1.54) is 76.5 Å². The summed E-state index contributed by atoms with van der Waals surface area (Å²) in [5, 5.41) is 10.1. The third kappa shape index (κ3) is 3.69. The number of rotatable bonds is 3. The van der Waals surface area contributed by atoms with Crippen LogP contribution in [0, 0.1) is 6.07 Å². The van der Waals surface area contributed by atoms with Gasteiger partial charge in [0.2, 0.25) is 0 Å². The van der Waals surface area contributed by atoms with Gasteiger partial charge in [0.15, 0.2) is 0 Å². The predicted molar refractivity (Wildman–Crippen MR) is 172 cm³/mol. The topological polar surface area (TPSA) is 0 Å². The summed E-state index contributed by atoms with van der Waals surface area (Å²) in [7, 11) is 0. The Kier molecular flexibility index (Phi) is 5.24. The molecule has 0 saturated carbocycles. The second kappa shape index (κ2) is 9.22. The van der Waals surface area contributed by atoms with E-state index in [0.717, 1.165) is 0 Å². The van der Waals surface area contributed by atoms with Crippen molar-refractivity contribution in [2.45, 2.75) is 0 Å². The summed E-state index contributed by atoms with van der Waals surface area (Å²) in [5.74, 6) is 0. The summed E-state index contributed by atoms with van der Waals surface area (Å²) < 4.78 is 0. The molecular formula is C40H25. The maximum absolute atomic E-state index is 3.26. The van der Waals surface area contributed by atoms with E-state index in [-0.39, 0.29) is 0 Å². The van der Waals surface area contributed by atoms with E-state index in [2.05, 4.69) is 152 Å². The van der Waals surface area contributed by atoms with E-state index in [1.54, 1.807) is 0 Å². The highest BCUT2D eigenvalue weighted by Gasteiger charge is 2.18. The average molecular weight is 506 g/mol. The number of benzene rings is 8. The quantitative estimate of drug-likeness (QED) is 0.209. The van der Waals surface area contributed by atoms with E-state index in [0.29, 0.717) is 0 Å². The molecular weight excluding hydrogens is 480 g/mol. The van der Waals surface area contributed by atoms with Gasteiger partial charge in [-0.3, -0.25) is 0 Å². The molecule has 40 heavy (non-hydrogen) atoms. The lowest BCUT2D eigenvalue weighted by Crippen LogP contribution is -1.92. The Morgan fingerprint density at radius 1 is 0.325 bits per heavy atom. The zero-order valence-electron chi connectivity index (χ0n) is 21.9. The van der Waals surface area contributed by atoms with Gasteiger partial charge in [-0.2, -0.15) is 0 Å². The van der Waals surface area contributed by atoms with Crippen LogP contribution in [0.2, 0.25) is 0 Å². The molecule has 0 heteroatoms. The summed E-state index contributed by atoms with van der Waals surface area (Å²) >= 11 is 0. The van der Waals surface area contributed by atoms with E-state index in [1.807, 2.05) is 6.07 Å². The maximum Gasteiger partial charge on any atom is -0.00259 e. The van der Waals surface area contributed by atoms with Crippen molar-refractivity contribution < 1.29 is 0 Å². The van der Waals surface area contributed by atoms with E-state index in [9.17, 15) is 0 Å². The Morgan fingerprint density at radius 3 is 1.45 bits per heavy atom. The Hall–Kier alpha value is -5.20. The van der Waals surface area contributed by atoms with Gasteiger partial charge in [-0.05, 0) is 107 Å². The molecule has 0 heterocycles. The van der Waals surface area contributed by atoms with Crippen LogP contribution in [0.4, 0.5) is 0 Å². The molecule has 8 aromatic rings. The molecule has 185 valence electrons. The van der Waals surface area contributed by atoms with Crippen molar-refractivity contribution in [3.05, 3.63) is 158 Å². The van der Waals surface area contributed by atoms with Gasteiger partial charge >= 0.3 is 0 Å². The van der Waals surface area contributed by atoms with Crippen LogP contribution < -0.4 is 0 Å². The zero-order valence-corrected chi connectivity index (χ0v) is 21.9. The molecule has 0 nitrogen and oxygen atoms in total. The fourth-order valence-electron chi connectivity index (χ4n) is 6.24. The van der Waals surface area contributed by atoms with Gasteiger partial charge in [0.25, 0.3) is 0 Å². The monoisotopic (exact) mass is 505 g/mol. The Morgan fingerprint density at radius 2 is 0.850 bits per heavy atom. The highest BCUT2D eigenvalue weighted by atomic mass is 14.2. The van der Waals surface area contributed by atoms with E-state index in [4.69, 9.17) is 0 Å². The first-order valence-corrected chi connectivity index (χ1v) is 13.8. The van der Waals surface area contributed by atoms with Crippen LogP contribution in [0.3, 0.4) is 0 Å². The molecule has 8 aromatic carbocycles. The summed E-state index contributed by atoms with van der Waals surface area (Å²) in [6, 6.07) is 58.3. The highest BCUT2D eigenvalue weighted by molar-refractivity contribution is 6.22. The van der Waals surface area contributed by atoms with Crippen LogP contribution in [0.5, 0.6) is 0 Å². The Balaban J connectivity index is 1.51. The van der Waals surface area contributed by atoms with Gasteiger partial charge in [0.1, 0.15) is 0 Å². The minimum Gasteiger partial charge on any atom is -0.0616 e. The smallest absolute Gasteiger partial charge is 0.00259 e. The van der Waals surface area contributed by atoms with Crippen LogP contribution in [-0.2, 0) is 0 Å². The minimum absolute atomic E-state index is 1.18. The third-order valence-corrected chi connectivity index (χ3v) is 8.14. The van der Waals surface area contributed by atoms with Gasteiger partial charge in [-0.15, -0.1) is 0 Å². The lowest BCUT2D eigenvalue weighted by atomic mass is 9.84. The average Bonchev–Trinajstić information content (AvgIpc) is 3.03. The summed E-state index contributed by atoms with van der Waals surface area (Å²) in [5.41, 5.74) is 7.42. The molecule has 0 saturated heterocycles. The molecule has 0 amide bonds. The molecule has 0 spiro atoms. The van der Waals surface area contributed by atoms with Crippen molar-refractivity contribution in [3.63, 3.8) is 0 Å². The number of hydrogen-bond acceptors (Lipinski definition) is 0.